The van der Waals surface area contributed by atoms with Gasteiger partial charge in [0.15, 0.2) is 5.96 Å². The van der Waals surface area contributed by atoms with Crippen molar-refractivity contribution >= 4 is 28.6 Å². The van der Waals surface area contributed by atoms with E-state index >= 15 is 0 Å². The number of rotatable bonds is 11. The Morgan fingerprint density at radius 1 is 1.00 bits per heavy atom. The molecule has 0 saturated carbocycles. The Kier molecular flexibility index (Phi) is 13.0. The molecular weight excluding hydrogens is 596 g/mol. The van der Waals surface area contributed by atoms with E-state index in [0.29, 0.717) is 12.2 Å². The van der Waals surface area contributed by atoms with Gasteiger partial charge in [0.1, 0.15) is 5.65 Å². The van der Waals surface area contributed by atoms with Crippen LogP contribution >= 0.6 is 11.6 Å². The van der Waals surface area contributed by atoms with Crippen molar-refractivity contribution < 1.29 is 0 Å². The van der Waals surface area contributed by atoms with Crippen molar-refractivity contribution in [3.63, 3.8) is 0 Å². The number of nitrogens with zero attached hydrogens (tertiary/aromatic N) is 3. The number of hydrogen-bond donors (Lipinski definition) is 5. The maximum absolute atomic E-state index is 12.5. The molecule has 0 atom stereocenters. The first kappa shape index (κ1) is 36.8. The normalized spacial score (nSPS) is 11.8. The molecule has 0 aliphatic carbocycles. The number of aromatic amines is 1. The zero-order valence-corrected chi connectivity index (χ0v) is 29.4. The van der Waals surface area contributed by atoms with Gasteiger partial charge in [0.25, 0.3) is 0 Å². The Morgan fingerprint density at radius 2 is 1.70 bits per heavy atom. The maximum atomic E-state index is 12.5. The first-order valence-corrected chi connectivity index (χ1v) is 16.5. The molecule has 0 spiro atoms. The zero-order valence-electron chi connectivity index (χ0n) is 28.6. The molecule has 2 heterocycles. The highest BCUT2D eigenvalue weighted by molar-refractivity contribution is 6.31. The summed E-state index contributed by atoms with van der Waals surface area (Å²) in [5, 5.41) is 5.16. The molecule has 0 aliphatic rings. The minimum absolute atomic E-state index is 0.0352. The molecule has 2 aromatic carbocycles. The lowest BCUT2D eigenvalue weighted by molar-refractivity contribution is 0.574. The lowest BCUT2D eigenvalue weighted by Gasteiger charge is -2.22. The monoisotopic (exact) mass is 648 g/mol. The summed E-state index contributed by atoms with van der Waals surface area (Å²) in [6.07, 6.45) is 6.00. The second kappa shape index (κ2) is 16.3. The van der Waals surface area contributed by atoms with Gasteiger partial charge in [0.2, 0.25) is 0 Å². The van der Waals surface area contributed by atoms with Crippen LogP contribution in [0.2, 0.25) is 5.02 Å². The van der Waals surface area contributed by atoms with Gasteiger partial charge >= 0.3 is 5.69 Å². The van der Waals surface area contributed by atoms with Crippen molar-refractivity contribution in [1.82, 2.24) is 19.9 Å². The van der Waals surface area contributed by atoms with Gasteiger partial charge in [-0.15, -0.1) is 0 Å². The first-order valence-electron chi connectivity index (χ1n) is 16.1. The summed E-state index contributed by atoms with van der Waals surface area (Å²) in [4.78, 5) is 23.9. The fourth-order valence-corrected chi connectivity index (χ4v) is 5.13. The van der Waals surface area contributed by atoms with Gasteiger partial charge in [0.05, 0.1) is 5.69 Å². The molecule has 9 nitrogen and oxygen atoms in total. The standard InChI is InChI=1S/C21H29N7O.C15H24ClN/c1-21(2,3)17-11-15-13-28(20(29)27-18(15)26-17)16-7-5-14(6-8-16)12-24-9-4-10-25-19(22)23;1-11-12(7-5-6-8-17)9-13(10-14(11)16)15(2,3)4/h5-8,11,13,24H,4,9-10,12H2,1-3H3,(H4,22,23,25)(H,26,27,29);9-10H,5-8,17H2,1-4H3. The summed E-state index contributed by atoms with van der Waals surface area (Å²) < 4.78 is 1.58. The highest BCUT2D eigenvalue weighted by atomic mass is 35.5. The van der Waals surface area contributed by atoms with Crippen molar-refractivity contribution in [2.75, 3.05) is 19.6 Å². The molecule has 250 valence electrons. The number of guanidine groups is 1. The predicted molar refractivity (Wildman–Crippen MR) is 194 cm³/mol. The fourth-order valence-electron chi connectivity index (χ4n) is 4.89. The minimum Gasteiger partial charge on any atom is -0.370 e. The van der Waals surface area contributed by atoms with Crippen LogP contribution in [0.4, 0.5) is 0 Å². The van der Waals surface area contributed by atoms with Crippen LogP contribution in [0.25, 0.3) is 16.7 Å². The van der Waals surface area contributed by atoms with Crippen LogP contribution in [-0.4, -0.2) is 40.1 Å². The summed E-state index contributed by atoms with van der Waals surface area (Å²) in [5.41, 5.74) is 23.5. The molecule has 0 bridgehead atoms. The van der Waals surface area contributed by atoms with Crippen molar-refractivity contribution in [2.45, 2.75) is 91.5 Å². The van der Waals surface area contributed by atoms with Crippen LogP contribution in [0.1, 0.15) is 88.8 Å². The van der Waals surface area contributed by atoms with Gasteiger partial charge < -0.3 is 27.5 Å². The third-order valence-corrected chi connectivity index (χ3v) is 8.28. The molecule has 2 aromatic heterocycles. The molecule has 4 rings (SSSR count). The summed E-state index contributed by atoms with van der Waals surface area (Å²) in [6.45, 7) is 18.1. The molecular formula is C36H53ClN8O. The summed E-state index contributed by atoms with van der Waals surface area (Å²) in [5.74, 6) is 0.123. The second-order valence-electron chi connectivity index (χ2n) is 13.9. The third kappa shape index (κ3) is 10.7. The lowest BCUT2D eigenvalue weighted by Crippen LogP contribution is -2.23. The quantitative estimate of drug-likeness (QED) is 0.0765. The van der Waals surface area contributed by atoms with E-state index in [1.807, 2.05) is 30.5 Å². The lowest BCUT2D eigenvalue weighted by atomic mass is 9.84. The summed E-state index contributed by atoms with van der Waals surface area (Å²) in [7, 11) is 0. The number of nitrogens with two attached hydrogens (primary N) is 3. The number of nitrogens with one attached hydrogen (secondary N) is 2. The van der Waals surface area contributed by atoms with Crippen LogP contribution in [0.3, 0.4) is 0 Å². The zero-order chi connectivity index (χ0) is 34.1. The number of benzene rings is 2. The number of aliphatic imine (C=N–C) groups is 1. The van der Waals surface area contributed by atoms with Crippen LogP contribution in [-0.2, 0) is 23.8 Å². The maximum Gasteiger partial charge on any atom is 0.354 e. The van der Waals surface area contributed by atoms with Crippen molar-refractivity contribution in [3.05, 3.63) is 92.1 Å². The van der Waals surface area contributed by atoms with Crippen LogP contribution < -0.4 is 28.2 Å². The highest BCUT2D eigenvalue weighted by Crippen LogP contribution is 2.30. The molecule has 10 heteroatoms. The summed E-state index contributed by atoms with van der Waals surface area (Å²) >= 11 is 6.31. The predicted octanol–water partition coefficient (Wildman–Crippen LogP) is 5.99. The SMILES string of the molecule is CC(C)(C)c1cc2cn(-c3ccc(CNCCCN=C(N)N)cc3)c(=O)nc2[nH]1.Cc1c(Cl)cc(C(C)(C)C)cc1CCCCN. The number of aromatic nitrogens is 3. The van der Waals surface area contributed by atoms with E-state index in [1.54, 1.807) is 4.57 Å². The Labute approximate surface area is 279 Å². The number of fused-ring (bicyclic) bond motifs is 1. The number of aryl methyl sites for hydroxylation is 1. The van der Waals surface area contributed by atoms with Crippen molar-refractivity contribution in [3.8, 4) is 5.69 Å². The van der Waals surface area contributed by atoms with Gasteiger partial charge in [0, 0.05) is 40.8 Å². The fraction of sp³-hybridized carbons (Fsp3) is 0.472. The summed E-state index contributed by atoms with van der Waals surface area (Å²) in [6, 6.07) is 14.3. The first-order chi connectivity index (χ1) is 21.6. The van der Waals surface area contributed by atoms with E-state index in [-0.39, 0.29) is 22.5 Å². The van der Waals surface area contributed by atoms with Crippen LogP contribution in [0, 0.1) is 6.92 Å². The Morgan fingerprint density at radius 3 is 2.30 bits per heavy atom. The average Bonchev–Trinajstić information content (AvgIpc) is 3.40. The molecule has 8 N–H and O–H groups in total. The Bertz CT molecular complexity index is 1650. The minimum atomic E-state index is -0.301. The molecule has 0 radical (unpaired) electrons. The molecule has 0 fully saturated rings. The van der Waals surface area contributed by atoms with E-state index in [0.717, 1.165) is 72.7 Å². The Hall–Kier alpha value is -3.66. The Balaban J connectivity index is 0.000000289. The van der Waals surface area contributed by atoms with E-state index < -0.39 is 0 Å². The number of unbranched alkanes of at least 4 members (excludes halogenated alkanes) is 1. The van der Waals surface area contributed by atoms with Gasteiger partial charge in [-0.1, -0.05) is 71.3 Å². The molecule has 0 unspecified atom stereocenters. The molecule has 0 amide bonds. The van der Waals surface area contributed by atoms with Crippen LogP contribution in [0.5, 0.6) is 0 Å². The number of H-pyrrole nitrogens is 1. The van der Waals surface area contributed by atoms with Crippen molar-refractivity contribution in [2.24, 2.45) is 22.2 Å². The van der Waals surface area contributed by atoms with E-state index in [9.17, 15) is 4.79 Å². The molecule has 0 aliphatic heterocycles. The van der Waals surface area contributed by atoms with Gasteiger partial charge in [-0.05, 0) is 97.6 Å². The number of halogens is 1. The number of hydrogen-bond acceptors (Lipinski definition) is 5. The largest absolute Gasteiger partial charge is 0.370 e. The van der Waals surface area contributed by atoms with E-state index in [2.05, 4.69) is 86.9 Å². The highest BCUT2D eigenvalue weighted by Gasteiger charge is 2.18. The average molecular weight is 649 g/mol. The smallest absolute Gasteiger partial charge is 0.354 e. The topological polar surface area (TPSA) is 153 Å². The molecule has 4 aromatic rings. The molecule has 46 heavy (non-hydrogen) atoms. The van der Waals surface area contributed by atoms with E-state index in [1.165, 1.54) is 16.7 Å². The van der Waals surface area contributed by atoms with Gasteiger partial charge in [-0.3, -0.25) is 9.56 Å². The van der Waals surface area contributed by atoms with Gasteiger partial charge in [-0.2, -0.15) is 4.98 Å². The van der Waals surface area contributed by atoms with Crippen molar-refractivity contribution in [1.29, 1.82) is 0 Å². The second-order valence-corrected chi connectivity index (χ2v) is 14.3. The molecule has 0 saturated heterocycles. The third-order valence-electron chi connectivity index (χ3n) is 7.88. The van der Waals surface area contributed by atoms with E-state index in [4.69, 9.17) is 28.8 Å². The van der Waals surface area contributed by atoms with Gasteiger partial charge in [-0.25, -0.2) is 4.79 Å². The van der Waals surface area contributed by atoms with Crippen LogP contribution in [0.15, 0.2) is 58.4 Å².